The molecule has 1 aromatic rings. The second-order valence-corrected chi connectivity index (χ2v) is 11.6. The molecule has 13 heteroatoms. The number of nitrogens with two attached hydrogens (primary N) is 1. The number of amides is 2. The van der Waals surface area contributed by atoms with E-state index in [1.165, 1.54) is 25.1 Å². The summed E-state index contributed by atoms with van der Waals surface area (Å²) < 4.78 is 5.15. The van der Waals surface area contributed by atoms with Crippen LogP contribution in [0.4, 0.5) is 16.2 Å². The standard InChI is InChI=1S/C28H36N4O9/c1-11(2)10-41-27(39)30-15-9-16(31(3)4)13-7-12-8-14-20(32(5)6)23(35)19(26(29)38)25(37)28(14,40)24(36)17(12)22(34)18(13)21(15)33/h9,11-12,14,20,33-34,37,40H,7-8,10H2,1-6H3,(H2,29,38)(H,30,39)/t12-,14-,20-,28-/m0/s1. The number of phenolic OH excluding ortho intramolecular Hbond substituents is 1. The molecule has 0 aliphatic heterocycles. The molecule has 1 fully saturated rings. The van der Waals surface area contributed by atoms with Crippen LogP contribution in [0.5, 0.6) is 5.75 Å². The first kappa shape index (κ1) is 29.9. The Morgan fingerprint density at radius 2 is 1.80 bits per heavy atom. The van der Waals surface area contributed by atoms with Crippen molar-refractivity contribution in [3.05, 3.63) is 34.1 Å². The van der Waals surface area contributed by atoms with Gasteiger partial charge in [-0.15, -0.1) is 0 Å². The number of primary amides is 1. The van der Waals surface area contributed by atoms with Crippen LogP contribution in [0.25, 0.3) is 5.76 Å². The van der Waals surface area contributed by atoms with Crippen molar-refractivity contribution in [3.63, 3.8) is 0 Å². The van der Waals surface area contributed by atoms with Gasteiger partial charge < -0.3 is 35.8 Å². The van der Waals surface area contributed by atoms with Crippen LogP contribution < -0.4 is 16.0 Å². The highest BCUT2D eigenvalue weighted by Crippen LogP contribution is 2.54. The Labute approximate surface area is 236 Å². The van der Waals surface area contributed by atoms with E-state index in [0.29, 0.717) is 11.3 Å². The summed E-state index contributed by atoms with van der Waals surface area (Å²) in [5.41, 5.74) is 2.24. The predicted octanol–water partition coefficient (Wildman–Crippen LogP) is 1.23. The Morgan fingerprint density at radius 1 is 1.17 bits per heavy atom. The number of fused-ring (bicyclic) bond motifs is 3. The number of anilines is 2. The molecule has 1 aromatic carbocycles. The van der Waals surface area contributed by atoms with Crippen LogP contribution in [0.3, 0.4) is 0 Å². The van der Waals surface area contributed by atoms with Crippen molar-refractivity contribution in [2.75, 3.05) is 45.0 Å². The fourth-order valence-electron chi connectivity index (χ4n) is 6.17. The Balaban J connectivity index is 1.91. The molecule has 41 heavy (non-hydrogen) atoms. The second kappa shape index (κ2) is 10.4. The highest BCUT2D eigenvalue weighted by molar-refractivity contribution is 6.24. The Hall–Kier alpha value is -4.10. The Morgan fingerprint density at radius 3 is 2.34 bits per heavy atom. The summed E-state index contributed by atoms with van der Waals surface area (Å²) in [6.45, 7) is 3.84. The summed E-state index contributed by atoms with van der Waals surface area (Å²) in [5.74, 6) is -7.39. The molecule has 0 bridgehead atoms. The van der Waals surface area contributed by atoms with Gasteiger partial charge >= 0.3 is 6.09 Å². The van der Waals surface area contributed by atoms with E-state index in [2.05, 4.69) is 5.32 Å². The van der Waals surface area contributed by atoms with E-state index >= 15 is 0 Å². The number of ether oxygens (including phenoxy) is 1. The number of carbonyl (C=O) groups is 4. The van der Waals surface area contributed by atoms with Gasteiger partial charge in [-0.1, -0.05) is 13.8 Å². The zero-order valence-electron chi connectivity index (χ0n) is 23.8. The lowest BCUT2D eigenvalue weighted by atomic mass is 9.57. The van der Waals surface area contributed by atoms with Gasteiger partial charge in [-0.05, 0) is 50.4 Å². The molecular formula is C28H36N4O9. The van der Waals surface area contributed by atoms with Crippen LogP contribution >= 0.6 is 0 Å². The molecular weight excluding hydrogens is 536 g/mol. The van der Waals surface area contributed by atoms with Crippen LogP contribution in [0.2, 0.25) is 0 Å². The average molecular weight is 573 g/mol. The maximum Gasteiger partial charge on any atom is 0.411 e. The number of hydrogen-bond acceptors (Lipinski definition) is 11. The zero-order chi connectivity index (χ0) is 30.7. The fourth-order valence-corrected chi connectivity index (χ4v) is 6.17. The Bertz CT molecular complexity index is 1410. The topological polar surface area (TPSA) is 203 Å². The van der Waals surface area contributed by atoms with Crippen LogP contribution in [0.1, 0.15) is 31.4 Å². The summed E-state index contributed by atoms with van der Waals surface area (Å²) in [6.07, 6.45) is -0.741. The highest BCUT2D eigenvalue weighted by Gasteiger charge is 2.64. The summed E-state index contributed by atoms with van der Waals surface area (Å²) in [4.78, 5) is 54.9. The smallest absolute Gasteiger partial charge is 0.411 e. The van der Waals surface area contributed by atoms with Gasteiger partial charge in [0.05, 0.1) is 23.9 Å². The largest absolute Gasteiger partial charge is 0.508 e. The second-order valence-electron chi connectivity index (χ2n) is 11.6. The van der Waals surface area contributed by atoms with Crippen LogP contribution in [-0.4, -0.2) is 95.3 Å². The third kappa shape index (κ3) is 4.58. The molecule has 4 rings (SSSR count). The number of aromatic hydroxyl groups is 1. The molecule has 0 saturated heterocycles. The number of nitrogens with zero attached hydrogens (tertiary/aromatic N) is 2. The van der Waals surface area contributed by atoms with E-state index in [1.807, 2.05) is 13.8 Å². The number of carbonyl (C=O) groups excluding carboxylic acids is 4. The fraction of sp³-hybridized carbons (Fsp3) is 0.500. The summed E-state index contributed by atoms with van der Waals surface area (Å²) in [6, 6.07) is 0.349. The number of aliphatic hydroxyl groups excluding tert-OH is 2. The average Bonchev–Trinajstić information content (AvgIpc) is 2.85. The summed E-state index contributed by atoms with van der Waals surface area (Å²) in [7, 11) is 6.53. The summed E-state index contributed by atoms with van der Waals surface area (Å²) >= 11 is 0. The molecule has 4 atom stereocenters. The number of hydrogen-bond donors (Lipinski definition) is 6. The van der Waals surface area contributed by atoms with E-state index < -0.39 is 69.9 Å². The van der Waals surface area contributed by atoms with Gasteiger partial charge in [-0.3, -0.25) is 24.6 Å². The number of ketones is 2. The molecule has 3 aliphatic carbocycles. The maximum absolute atomic E-state index is 14.0. The third-order valence-electron chi connectivity index (χ3n) is 7.96. The quantitative estimate of drug-likeness (QED) is 0.211. The molecule has 3 aliphatic rings. The lowest BCUT2D eigenvalue weighted by molar-refractivity contribution is -0.153. The normalized spacial score (nSPS) is 25.6. The van der Waals surface area contributed by atoms with Gasteiger partial charge in [0.25, 0.3) is 5.91 Å². The number of aliphatic hydroxyl groups is 3. The number of nitrogens with one attached hydrogen (secondary N) is 1. The van der Waals surface area contributed by atoms with Gasteiger partial charge in [0, 0.05) is 31.3 Å². The summed E-state index contributed by atoms with van der Waals surface area (Å²) in [5, 5.41) is 47.9. The Kier molecular flexibility index (Phi) is 7.56. The minimum Gasteiger partial charge on any atom is -0.508 e. The zero-order valence-corrected chi connectivity index (χ0v) is 23.8. The SMILES string of the molecule is CC(C)COC(=O)Nc1cc(N(C)C)c2c(c1O)C(O)=C1C(=O)[C@]3(O)C(O)=C(C(N)=O)C(=O)[C@@H](N(C)C)[C@@H]3C[C@@H]1C2. The minimum atomic E-state index is -2.74. The molecule has 222 valence electrons. The number of benzene rings is 1. The molecule has 0 spiro atoms. The van der Waals surface area contributed by atoms with Crippen molar-refractivity contribution in [1.82, 2.24) is 4.90 Å². The maximum atomic E-state index is 14.0. The van der Waals surface area contributed by atoms with Crippen LogP contribution in [0.15, 0.2) is 23.0 Å². The van der Waals surface area contributed by atoms with Gasteiger partial charge in [0.15, 0.2) is 17.1 Å². The molecule has 13 nitrogen and oxygen atoms in total. The van der Waals surface area contributed by atoms with Gasteiger partial charge in [-0.2, -0.15) is 0 Å². The molecule has 7 N–H and O–H groups in total. The van der Waals surface area contributed by atoms with Gasteiger partial charge in [0.2, 0.25) is 5.78 Å². The number of rotatable bonds is 6. The van der Waals surface area contributed by atoms with Crippen molar-refractivity contribution >= 4 is 40.7 Å². The third-order valence-corrected chi connectivity index (χ3v) is 7.96. The highest BCUT2D eigenvalue weighted by atomic mass is 16.5. The lowest BCUT2D eigenvalue weighted by Gasteiger charge is -2.50. The monoisotopic (exact) mass is 572 g/mol. The van der Waals surface area contributed by atoms with Crippen LogP contribution in [-0.2, 0) is 25.5 Å². The van der Waals surface area contributed by atoms with Gasteiger partial charge in [0.1, 0.15) is 17.1 Å². The van der Waals surface area contributed by atoms with E-state index in [-0.39, 0.29) is 42.2 Å². The van der Waals surface area contributed by atoms with E-state index in [0.717, 1.165) is 0 Å². The molecule has 2 amide bonds. The van der Waals surface area contributed by atoms with Gasteiger partial charge in [-0.25, -0.2) is 4.79 Å². The number of Topliss-reactive ketones (excluding diaryl/α,β-unsaturated/α-hetero) is 2. The molecule has 0 unspecified atom stereocenters. The first-order chi connectivity index (χ1) is 19.0. The van der Waals surface area contributed by atoms with E-state index in [9.17, 15) is 39.6 Å². The van der Waals surface area contributed by atoms with E-state index in [1.54, 1.807) is 19.0 Å². The minimum absolute atomic E-state index is 0.0269. The van der Waals surface area contributed by atoms with Crippen molar-refractivity contribution in [2.24, 2.45) is 23.5 Å². The molecule has 0 aromatic heterocycles. The molecule has 0 radical (unpaired) electrons. The first-order valence-corrected chi connectivity index (χ1v) is 13.2. The predicted molar refractivity (Wildman–Crippen MR) is 148 cm³/mol. The van der Waals surface area contributed by atoms with E-state index in [4.69, 9.17) is 10.5 Å². The van der Waals surface area contributed by atoms with Crippen molar-refractivity contribution < 1.29 is 44.3 Å². The number of phenols is 1. The first-order valence-electron chi connectivity index (χ1n) is 13.2. The lowest BCUT2D eigenvalue weighted by Crippen LogP contribution is -2.65. The molecule has 0 heterocycles. The van der Waals surface area contributed by atoms with Crippen molar-refractivity contribution in [3.8, 4) is 5.75 Å². The van der Waals surface area contributed by atoms with Crippen molar-refractivity contribution in [2.45, 2.75) is 38.3 Å². The van der Waals surface area contributed by atoms with Crippen LogP contribution in [0, 0.1) is 17.8 Å². The molecule has 1 saturated carbocycles. The van der Waals surface area contributed by atoms with Crippen molar-refractivity contribution in [1.29, 1.82) is 0 Å². The number of likely N-dealkylation sites (N-methyl/N-ethyl adjacent to an activating group) is 1.